The fourth-order valence-corrected chi connectivity index (χ4v) is 4.02. The van der Waals surface area contributed by atoms with Gasteiger partial charge in [-0.3, -0.25) is 9.59 Å². The summed E-state index contributed by atoms with van der Waals surface area (Å²) in [5.41, 5.74) is 4.04. The molecule has 4 rings (SSSR count). The number of rotatable bonds is 4. The van der Waals surface area contributed by atoms with Gasteiger partial charge in [-0.15, -0.1) is 0 Å². The zero-order valence-corrected chi connectivity index (χ0v) is 21.3. The summed E-state index contributed by atoms with van der Waals surface area (Å²) in [6.45, 7) is 5.41. The Balaban J connectivity index is 0.000000808. The van der Waals surface area contributed by atoms with E-state index < -0.39 is 5.97 Å². The van der Waals surface area contributed by atoms with Gasteiger partial charge in [-0.2, -0.15) is 0 Å². The second kappa shape index (κ2) is 10.8. The van der Waals surface area contributed by atoms with E-state index in [1.165, 1.54) is 11.8 Å². The van der Waals surface area contributed by atoms with Crippen LogP contribution in [0, 0.1) is 5.92 Å². The molecule has 2 aromatic carbocycles. The van der Waals surface area contributed by atoms with Gasteiger partial charge >= 0.3 is 51.4 Å². The average molecular weight is 446 g/mol. The second-order valence-electron chi connectivity index (χ2n) is 7.40. The van der Waals surface area contributed by atoms with Crippen molar-refractivity contribution in [1.82, 2.24) is 4.90 Å². The minimum absolute atomic E-state index is 0. The van der Waals surface area contributed by atoms with Crippen LogP contribution in [0.2, 0.25) is 0 Å². The Morgan fingerprint density at radius 3 is 1.90 bits per heavy atom. The van der Waals surface area contributed by atoms with Gasteiger partial charge in [0.1, 0.15) is 0 Å². The molecule has 2 unspecified atom stereocenters. The van der Waals surface area contributed by atoms with E-state index in [1.807, 2.05) is 43.3 Å². The Kier molecular flexibility index (Phi) is 8.94. The van der Waals surface area contributed by atoms with Gasteiger partial charge in [-0.05, 0) is 36.1 Å². The number of carboxylic acids is 1. The number of hydrogen-bond acceptors (Lipinski definition) is 5. The van der Waals surface area contributed by atoms with Gasteiger partial charge < -0.3 is 19.9 Å². The van der Waals surface area contributed by atoms with Crippen molar-refractivity contribution < 1.29 is 76.0 Å². The number of nitrogens with zero attached hydrogens (tertiary/aromatic N) is 1. The number of β-lactam (4-membered cyclic amide) rings is 1. The van der Waals surface area contributed by atoms with E-state index in [2.05, 4.69) is 0 Å². The number of aliphatic hydroxyl groups is 1. The second-order valence-corrected chi connectivity index (χ2v) is 7.40. The Morgan fingerprint density at radius 2 is 1.48 bits per heavy atom. The molecule has 0 aromatic heterocycles. The molecule has 0 saturated carbocycles. The minimum atomic E-state index is -1.31. The van der Waals surface area contributed by atoms with Crippen molar-refractivity contribution in [2.75, 3.05) is 6.61 Å². The van der Waals surface area contributed by atoms with E-state index in [9.17, 15) is 19.5 Å². The van der Waals surface area contributed by atoms with E-state index in [4.69, 9.17) is 5.11 Å². The molecule has 0 aliphatic carbocycles. The Morgan fingerprint density at radius 1 is 1.03 bits per heavy atom. The van der Waals surface area contributed by atoms with Crippen LogP contribution in [0.15, 0.2) is 54.2 Å². The molecule has 2 aliphatic rings. The van der Waals surface area contributed by atoms with Crippen LogP contribution in [-0.2, 0) is 9.59 Å². The van der Waals surface area contributed by atoms with Crippen molar-refractivity contribution >= 4 is 23.2 Å². The van der Waals surface area contributed by atoms with Crippen LogP contribution in [0.5, 0.6) is 0 Å². The van der Waals surface area contributed by atoms with Crippen molar-refractivity contribution in [3.8, 4) is 11.1 Å². The van der Waals surface area contributed by atoms with E-state index in [0.717, 1.165) is 16.7 Å². The largest absolute Gasteiger partial charge is 1.00 e. The Bertz CT molecular complexity index is 1010. The molecule has 2 heterocycles. The van der Waals surface area contributed by atoms with Crippen LogP contribution in [-0.4, -0.2) is 40.3 Å². The minimum Gasteiger partial charge on any atom is -0.543 e. The Labute approximate surface area is 224 Å². The van der Waals surface area contributed by atoms with E-state index in [0.29, 0.717) is 17.6 Å². The molecule has 6 nitrogen and oxygen atoms in total. The molecular formula is C24H24KNO5. The number of carbonyl (C=O) groups excluding carboxylic acids is 3. The maximum atomic E-state index is 11.8. The number of aliphatic carboxylic acids is 1. The zero-order chi connectivity index (χ0) is 22.0. The van der Waals surface area contributed by atoms with Crippen LogP contribution in [0.25, 0.3) is 16.7 Å². The molecule has 7 heteroatoms. The third-order valence-electron chi connectivity index (χ3n) is 5.53. The molecule has 0 spiro atoms. The first-order chi connectivity index (χ1) is 14.3. The van der Waals surface area contributed by atoms with Crippen molar-refractivity contribution in [3.63, 3.8) is 0 Å². The molecule has 31 heavy (non-hydrogen) atoms. The van der Waals surface area contributed by atoms with Gasteiger partial charge in [0, 0.05) is 24.5 Å². The fraction of sp³-hybridized carbons (Fsp3) is 0.292. The topological polar surface area (TPSA) is 97.7 Å². The fourth-order valence-electron chi connectivity index (χ4n) is 4.02. The van der Waals surface area contributed by atoms with Gasteiger partial charge in [0.2, 0.25) is 5.91 Å². The molecule has 1 saturated heterocycles. The SMILES string of the molecule is CC(=O)c1ccc(-c2ccc(C3=C(C(=O)[O-])N4C(=O)CC4C3C)cc2)cc1.CCO.[K+]. The molecule has 2 atom stereocenters. The molecule has 0 bridgehead atoms. The molecular weight excluding hydrogens is 421 g/mol. The number of hydrogen-bond donors (Lipinski definition) is 1. The van der Waals surface area contributed by atoms with E-state index in [-0.39, 0.29) is 87.3 Å². The van der Waals surface area contributed by atoms with Crippen molar-refractivity contribution in [1.29, 1.82) is 0 Å². The van der Waals surface area contributed by atoms with Gasteiger partial charge in [-0.25, -0.2) is 0 Å². The summed E-state index contributed by atoms with van der Waals surface area (Å²) in [6.07, 6.45) is 0.377. The molecule has 1 fully saturated rings. The average Bonchev–Trinajstić information content (AvgIpc) is 2.96. The molecule has 2 aliphatic heterocycles. The van der Waals surface area contributed by atoms with Crippen LogP contribution >= 0.6 is 0 Å². The van der Waals surface area contributed by atoms with Crippen LogP contribution in [0.1, 0.15) is 43.1 Å². The van der Waals surface area contributed by atoms with Crippen molar-refractivity contribution in [2.24, 2.45) is 5.92 Å². The summed E-state index contributed by atoms with van der Waals surface area (Å²) >= 11 is 0. The number of aliphatic hydroxyl groups excluding tert-OH is 1. The van der Waals surface area contributed by atoms with Crippen LogP contribution in [0.3, 0.4) is 0 Å². The maximum Gasteiger partial charge on any atom is 1.00 e. The third kappa shape index (κ3) is 5.08. The predicted octanol–water partition coefficient (Wildman–Crippen LogP) is -0.730. The number of amides is 1. The van der Waals surface area contributed by atoms with Crippen LogP contribution < -0.4 is 56.5 Å². The first kappa shape index (κ1) is 25.6. The molecule has 1 N–H and O–H groups in total. The quantitative estimate of drug-likeness (QED) is 0.380. The smallest absolute Gasteiger partial charge is 0.543 e. The van der Waals surface area contributed by atoms with E-state index >= 15 is 0 Å². The van der Waals surface area contributed by atoms with Gasteiger partial charge in [-0.1, -0.05) is 55.5 Å². The standard InChI is InChI=1S/C22H19NO4.C2H6O.K/c1-12-18-11-19(25)23(18)21(22(26)27)20(12)17-9-7-16(8-10-17)15-5-3-14(4-6-15)13(2)24;1-2-3;/h3-10,12,18H,11H2,1-2H3,(H,26,27);3H,2H2,1H3;/q;;+1/p-1. The summed E-state index contributed by atoms with van der Waals surface area (Å²) in [7, 11) is 0. The first-order valence-corrected chi connectivity index (χ1v) is 9.90. The number of benzene rings is 2. The van der Waals surface area contributed by atoms with Crippen molar-refractivity contribution in [2.45, 2.75) is 33.2 Å². The molecule has 1 amide bonds. The molecule has 2 aromatic rings. The van der Waals surface area contributed by atoms with Crippen LogP contribution in [0.4, 0.5) is 0 Å². The maximum absolute atomic E-state index is 11.8. The number of carboxylic acid groups (broad SMARTS) is 1. The molecule has 156 valence electrons. The first-order valence-electron chi connectivity index (χ1n) is 9.90. The summed E-state index contributed by atoms with van der Waals surface area (Å²) in [5.74, 6) is -1.50. The summed E-state index contributed by atoms with van der Waals surface area (Å²) in [5, 5.41) is 19.2. The summed E-state index contributed by atoms with van der Waals surface area (Å²) in [6, 6.07) is 14.9. The number of Topliss-reactive ketones (excluding diaryl/α,β-unsaturated/α-hetero) is 1. The van der Waals surface area contributed by atoms with Gasteiger partial charge in [0.15, 0.2) is 5.78 Å². The monoisotopic (exact) mass is 445 g/mol. The number of carbonyl (C=O) groups is 3. The normalized spacial score (nSPS) is 19.0. The summed E-state index contributed by atoms with van der Waals surface area (Å²) in [4.78, 5) is 36.3. The van der Waals surface area contributed by atoms with E-state index in [1.54, 1.807) is 19.1 Å². The molecule has 0 radical (unpaired) electrons. The Hall–Kier alpha value is -1.61. The third-order valence-corrected chi connectivity index (χ3v) is 5.53. The van der Waals surface area contributed by atoms with Gasteiger partial charge in [0.05, 0.1) is 17.7 Å². The summed E-state index contributed by atoms with van der Waals surface area (Å²) < 4.78 is 0. The van der Waals surface area contributed by atoms with Gasteiger partial charge in [0.25, 0.3) is 0 Å². The number of fused-ring (bicyclic) bond motifs is 1. The predicted molar refractivity (Wildman–Crippen MR) is 111 cm³/mol. The van der Waals surface area contributed by atoms with Crippen molar-refractivity contribution in [3.05, 3.63) is 65.4 Å². The number of ketones is 1. The zero-order valence-electron chi connectivity index (χ0n) is 18.2.